The normalized spacial score (nSPS) is 26.2. The molecule has 0 aliphatic heterocycles. The highest BCUT2D eigenvalue weighted by Gasteiger charge is 2.48. The number of nitrogens with one attached hydrogen (secondary N) is 1. The van der Waals surface area contributed by atoms with E-state index in [1.807, 2.05) is 18.2 Å². The van der Waals surface area contributed by atoms with E-state index in [1.54, 1.807) is 20.2 Å². The fraction of sp³-hybridized carbons (Fsp3) is 0.458. The minimum Gasteiger partial charge on any atom is -0.381 e. The first-order chi connectivity index (χ1) is 14.8. The molecule has 2 aromatic rings. The van der Waals surface area contributed by atoms with E-state index < -0.39 is 11.7 Å². The molecule has 2 aliphatic rings. The van der Waals surface area contributed by atoms with E-state index in [-0.39, 0.29) is 17.6 Å². The molecule has 1 fully saturated rings. The Morgan fingerprint density at radius 3 is 2.48 bits per heavy atom. The lowest BCUT2D eigenvalue weighted by atomic mass is 9.68. The number of aliphatic imine (C=N–C) groups is 1. The SMILES string of the molecule is CN/C(N)=N\C1c2cc(-c3cccc(C(F)(F)F)c3)ccc2CC12CCC(OC)CC2. The van der Waals surface area contributed by atoms with E-state index >= 15 is 0 Å². The Kier molecular flexibility index (Phi) is 5.73. The summed E-state index contributed by atoms with van der Waals surface area (Å²) in [6.07, 6.45) is 0.681. The molecule has 1 unspecified atom stereocenters. The van der Waals surface area contributed by atoms with Crippen LogP contribution in [0, 0.1) is 5.41 Å². The lowest BCUT2D eigenvalue weighted by molar-refractivity contribution is -0.137. The van der Waals surface area contributed by atoms with E-state index in [1.165, 1.54) is 17.7 Å². The summed E-state index contributed by atoms with van der Waals surface area (Å²) in [6, 6.07) is 11.3. The van der Waals surface area contributed by atoms with Crippen molar-refractivity contribution in [2.45, 2.75) is 50.4 Å². The summed E-state index contributed by atoms with van der Waals surface area (Å²) >= 11 is 0. The third-order valence-corrected chi connectivity index (χ3v) is 6.87. The molecular weight excluding hydrogens is 403 g/mol. The molecule has 4 rings (SSSR count). The molecule has 2 aromatic carbocycles. The number of methoxy groups -OCH3 is 1. The average Bonchev–Trinajstić information content (AvgIpc) is 3.05. The molecule has 1 spiro atoms. The summed E-state index contributed by atoms with van der Waals surface area (Å²) in [5.41, 5.74) is 8.94. The van der Waals surface area contributed by atoms with Gasteiger partial charge in [-0.25, -0.2) is 4.99 Å². The number of hydrogen-bond acceptors (Lipinski definition) is 2. The highest BCUT2D eigenvalue weighted by molar-refractivity contribution is 5.78. The van der Waals surface area contributed by atoms with Crippen LogP contribution in [0.4, 0.5) is 13.2 Å². The highest BCUT2D eigenvalue weighted by Crippen LogP contribution is 2.56. The number of nitrogens with zero attached hydrogens (tertiary/aromatic N) is 1. The van der Waals surface area contributed by atoms with E-state index in [4.69, 9.17) is 15.5 Å². The van der Waals surface area contributed by atoms with Gasteiger partial charge in [0.05, 0.1) is 17.7 Å². The molecule has 31 heavy (non-hydrogen) atoms. The van der Waals surface area contributed by atoms with Gasteiger partial charge in [0, 0.05) is 19.6 Å². The molecule has 7 heteroatoms. The summed E-state index contributed by atoms with van der Waals surface area (Å²) < 4.78 is 45.2. The maximum absolute atomic E-state index is 13.2. The standard InChI is InChI=1S/C24H28F3N3O/c1-29-22(28)30-21-20-13-16(15-4-3-5-18(12-15)24(25,26)27)6-7-17(20)14-23(21)10-8-19(31-2)9-11-23/h3-7,12-13,19,21H,8-11,14H2,1-2H3,(H3,28,29,30). The predicted octanol–water partition coefficient (Wildman–Crippen LogP) is 5.08. The van der Waals surface area contributed by atoms with Crippen LogP contribution < -0.4 is 11.1 Å². The summed E-state index contributed by atoms with van der Waals surface area (Å²) in [7, 11) is 3.49. The Bertz CT molecular complexity index is 978. The van der Waals surface area contributed by atoms with Crippen LogP contribution in [0.5, 0.6) is 0 Å². The number of halogens is 3. The first-order valence-electron chi connectivity index (χ1n) is 10.6. The molecule has 0 bridgehead atoms. The molecule has 0 aromatic heterocycles. The molecule has 1 saturated carbocycles. The average molecular weight is 432 g/mol. The molecule has 0 heterocycles. The fourth-order valence-electron chi connectivity index (χ4n) is 5.13. The Balaban J connectivity index is 1.74. The van der Waals surface area contributed by atoms with Crippen LogP contribution in [0.25, 0.3) is 11.1 Å². The number of alkyl halides is 3. The smallest absolute Gasteiger partial charge is 0.381 e. The second kappa shape index (κ2) is 8.19. The van der Waals surface area contributed by atoms with Crippen molar-refractivity contribution in [3.63, 3.8) is 0 Å². The molecule has 0 amide bonds. The topological polar surface area (TPSA) is 59.6 Å². The van der Waals surface area contributed by atoms with Crippen molar-refractivity contribution < 1.29 is 17.9 Å². The second-order valence-corrected chi connectivity index (χ2v) is 8.63. The van der Waals surface area contributed by atoms with Gasteiger partial charge in [-0.15, -0.1) is 0 Å². The van der Waals surface area contributed by atoms with Gasteiger partial charge in [-0.05, 0) is 72.6 Å². The molecule has 166 valence electrons. The monoisotopic (exact) mass is 431 g/mol. The van der Waals surface area contributed by atoms with Crippen molar-refractivity contribution >= 4 is 5.96 Å². The minimum atomic E-state index is -4.37. The molecular formula is C24H28F3N3O. The predicted molar refractivity (Wildman–Crippen MR) is 116 cm³/mol. The Morgan fingerprint density at radius 2 is 1.84 bits per heavy atom. The number of nitrogens with two attached hydrogens (primary N) is 1. The molecule has 4 nitrogen and oxygen atoms in total. The van der Waals surface area contributed by atoms with E-state index in [0.717, 1.165) is 49.3 Å². The number of guanidine groups is 1. The Labute approximate surface area is 180 Å². The van der Waals surface area contributed by atoms with Gasteiger partial charge in [0.1, 0.15) is 0 Å². The van der Waals surface area contributed by atoms with Crippen LogP contribution in [-0.4, -0.2) is 26.2 Å². The van der Waals surface area contributed by atoms with E-state index in [2.05, 4.69) is 5.32 Å². The summed E-state index contributed by atoms with van der Waals surface area (Å²) in [5, 5.41) is 2.91. The second-order valence-electron chi connectivity index (χ2n) is 8.63. The fourth-order valence-corrected chi connectivity index (χ4v) is 5.13. The number of rotatable bonds is 3. The number of fused-ring (bicyclic) bond motifs is 1. The maximum atomic E-state index is 13.2. The van der Waals surface area contributed by atoms with E-state index in [0.29, 0.717) is 11.5 Å². The lowest BCUT2D eigenvalue weighted by Crippen LogP contribution is -2.36. The third-order valence-electron chi connectivity index (χ3n) is 6.87. The lowest BCUT2D eigenvalue weighted by Gasteiger charge is -2.40. The van der Waals surface area contributed by atoms with Crippen molar-refractivity contribution in [2.24, 2.45) is 16.1 Å². The van der Waals surface area contributed by atoms with Gasteiger partial charge in [0.25, 0.3) is 0 Å². The van der Waals surface area contributed by atoms with Crippen molar-refractivity contribution in [1.82, 2.24) is 5.32 Å². The van der Waals surface area contributed by atoms with Crippen molar-refractivity contribution in [3.05, 3.63) is 59.2 Å². The number of ether oxygens (including phenoxy) is 1. The molecule has 2 aliphatic carbocycles. The van der Waals surface area contributed by atoms with Crippen molar-refractivity contribution in [3.8, 4) is 11.1 Å². The number of hydrogen-bond donors (Lipinski definition) is 2. The maximum Gasteiger partial charge on any atom is 0.416 e. The Morgan fingerprint density at radius 1 is 1.13 bits per heavy atom. The minimum absolute atomic E-state index is 0.0364. The van der Waals surface area contributed by atoms with Crippen molar-refractivity contribution in [2.75, 3.05) is 14.2 Å². The first-order valence-corrected chi connectivity index (χ1v) is 10.6. The zero-order valence-electron chi connectivity index (χ0n) is 17.8. The van der Waals surface area contributed by atoms with Crippen molar-refractivity contribution in [1.29, 1.82) is 0 Å². The molecule has 0 saturated heterocycles. The Hall–Kier alpha value is -2.54. The van der Waals surface area contributed by atoms with Gasteiger partial charge in [-0.3, -0.25) is 0 Å². The first kappa shape index (κ1) is 21.7. The van der Waals surface area contributed by atoms with Crippen LogP contribution in [0.3, 0.4) is 0 Å². The van der Waals surface area contributed by atoms with Gasteiger partial charge in [-0.2, -0.15) is 13.2 Å². The quantitative estimate of drug-likeness (QED) is 0.526. The van der Waals surface area contributed by atoms with Crippen LogP contribution in [-0.2, 0) is 17.3 Å². The summed E-state index contributed by atoms with van der Waals surface area (Å²) in [6.45, 7) is 0. The van der Waals surface area contributed by atoms with Crippen LogP contribution >= 0.6 is 0 Å². The van der Waals surface area contributed by atoms with Gasteiger partial charge >= 0.3 is 6.18 Å². The van der Waals surface area contributed by atoms with Gasteiger partial charge in [-0.1, -0.05) is 24.3 Å². The number of benzene rings is 2. The van der Waals surface area contributed by atoms with Gasteiger partial charge in [0.2, 0.25) is 0 Å². The molecule has 1 atom stereocenters. The molecule has 0 radical (unpaired) electrons. The zero-order valence-corrected chi connectivity index (χ0v) is 17.8. The van der Waals surface area contributed by atoms with Gasteiger partial charge < -0.3 is 15.8 Å². The highest BCUT2D eigenvalue weighted by atomic mass is 19.4. The summed E-state index contributed by atoms with van der Waals surface area (Å²) in [4.78, 5) is 4.82. The largest absolute Gasteiger partial charge is 0.416 e. The zero-order chi connectivity index (χ0) is 22.2. The van der Waals surface area contributed by atoms with Crippen LogP contribution in [0.15, 0.2) is 47.5 Å². The summed E-state index contributed by atoms with van der Waals surface area (Å²) in [5.74, 6) is 0.371. The van der Waals surface area contributed by atoms with Gasteiger partial charge in [0.15, 0.2) is 5.96 Å². The third kappa shape index (κ3) is 4.15. The van der Waals surface area contributed by atoms with Crippen LogP contribution in [0.2, 0.25) is 0 Å². The molecule has 3 N–H and O–H groups in total. The van der Waals surface area contributed by atoms with Crippen LogP contribution in [0.1, 0.15) is 48.4 Å². The van der Waals surface area contributed by atoms with E-state index in [9.17, 15) is 13.2 Å².